The molecule has 2 aromatic rings. The summed E-state index contributed by atoms with van der Waals surface area (Å²) in [6, 6.07) is 7.60. The lowest BCUT2D eigenvalue weighted by atomic mass is 10.1. The number of hydrogen-bond donors (Lipinski definition) is 2. The molecule has 0 saturated heterocycles. The summed E-state index contributed by atoms with van der Waals surface area (Å²) in [7, 11) is 0. The molecule has 0 aliphatic heterocycles. The SMILES string of the molecule is Nc1nnc(Cc2ccccc2N)o1. The monoisotopic (exact) mass is 190 g/mol. The van der Waals surface area contributed by atoms with Crippen LogP contribution >= 0.6 is 0 Å². The van der Waals surface area contributed by atoms with Crippen molar-refractivity contribution in [2.24, 2.45) is 0 Å². The summed E-state index contributed by atoms with van der Waals surface area (Å²) in [5.74, 6) is 0.473. The molecule has 72 valence electrons. The van der Waals surface area contributed by atoms with E-state index in [-0.39, 0.29) is 6.01 Å². The molecule has 0 radical (unpaired) electrons. The van der Waals surface area contributed by atoms with Crippen molar-refractivity contribution in [2.75, 3.05) is 11.5 Å². The van der Waals surface area contributed by atoms with Crippen LogP contribution in [0.4, 0.5) is 11.7 Å². The summed E-state index contributed by atoms with van der Waals surface area (Å²) in [5.41, 5.74) is 12.7. The first-order valence-electron chi connectivity index (χ1n) is 4.17. The van der Waals surface area contributed by atoms with Gasteiger partial charge in [-0.1, -0.05) is 23.3 Å². The number of hydrogen-bond acceptors (Lipinski definition) is 5. The van der Waals surface area contributed by atoms with Crippen LogP contribution < -0.4 is 11.5 Å². The number of aromatic nitrogens is 2. The Bertz CT molecular complexity index is 438. The Morgan fingerprint density at radius 2 is 1.93 bits per heavy atom. The van der Waals surface area contributed by atoms with Gasteiger partial charge >= 0.3 is 6.01 Å². The van der Waals surface area contributed by atoms with Crippen LogP contribution in [0.25, 0.3) is 0 Å². The topological polar surface area (TPSA) is 91.0 Å². The van der Waals surface area contributed by atoms with Crippen LogP contribution in [0.2, 0.25) is 0 Å². The normalized spacial score (nSPS) is 10.3. The van der Waals surface area contributed by atoms with Crippen molar-refractivity contribution in [3.63, 3.8) is 0 Å². The Kier molecular flexibility index (Phi) is 2.06. The highest BCUT2D eigenvalue weighted by Gasteiger charge is 2.05. The summed E-state index contributed by atoms with van der Waals surface area (Å²) in [5, 5.41) is 7.32. The minimum atomic E-state index is 0.0782. The number of benzene rings is 1. The maximum Gasteiger partial charge on any atom is 0.312 e. The molecule has 0 aliphatic rings. The molecule has 0 aliphatic carbocycles. The van der Waals surface area contributed by atoms with Gasteiger partial charge in [0.25, 0.3) is 0 Å². The van der Waals surface area contributed by atoms with Gasteiger partial charge in [0.15, 0.2) is 0 Å². The standard InChI is InChI=1S/C9H10N4O/c10-7-4-2-1-3-6(7)5-8-12-13-9(11)14-8/h1-4H,5,10H2,(H2,11,13). The van der Waals surface area contributed by atoms with E-state index in [2.05, 4.69) is 10.2 Å². The van der Waals surface area contributed by atoms with E-state index in [0.717, 1.165) is 5.56 Å². The van der Waals surface area contributed by atoms with E-state index in [1.165, 1.54) is 0 Å². The predicted octanol–water partition coefficient (Wildman–Crippen LogP) is 0.825. The largest absolute Gasteiger partial charge is 0.408 e. The Balaban J connectivity index is 2.23. The zero-order valence-corrected chi connectivity index (χ0v) is 7.47. The van der Waals surface area contributed by atoms with E-state index >= 15 is 0 Å². The Morgan fingerprint density at radius 1 is 1.14 bits per heavy atom. The highest BCUT2D eigenvalue weighted by atomic mass is 16.4. The Morgan fingerprint density at radius 3 is 2.57 bits per heavy atom. The van der Waals surface area contributed by atoms with Gasteiger partial charge < -0.3 is 15.9 Å². The van der Waals surface area contributed by atoms with Crippen LogP contribution in [0, 0.1) is 0 Å². The van der Waals surface area contributed by atoms with Crippen LogP contribution in [-0.4, -0.2) is 10.2 Å². The molecular formula is C9H10N4O. The molecule has 0 unspecified atom stereocenters. The van der Waals surface area contributed by atoms with E-state index in [4.69, 9.17) is 15.9 Å². The molecule has 0 fully saturated rings. The number of nitrogens with two attached hydrogens (primary N) is 2. The molecule has 0 spiro atoms. The van der Waals surface area contributed by atoms with E-state index in [1.54, 1.807) is 0 Å². The van der Waals surface area contributed by atoms with Crippen LogP contribution in [0.15, 0.2) is 28.7 Å². The number of anilines is 2. The highest BCUT2D eigenvalue weighted by molar-refractivity contribution is 5.47. The second-order valence-corrected chi connectivity index (χ2v) is 2.91. The minimum Gasteiger partial charge on any atom is -0.408 e. The number of para-hydroxylation sites is 1. The van der Waals surface area contributed by atoms with Gasteiger partial charge in [-0.05, 0) is 11.6 Å². The molecule has 1 heterocycles. The van der Waals surface area contributed by atoms with Crippen LogP contribution in [0.5, 0.6) is 0 Å². The summed E-state index contributed by atoms with van der Waals surface area (Å²) >= 11 is 0. The van der Waals surface area contributed by atoms with Gasteiger partial charge in [0, 0.05) is 5.69 Å². The summed E-state index contributed by atoms with van der Waals surface area (Å²) in [4.78, 5) is 0. The van der Waals surface area contributed by atoms with Crippen molar-refractivity contribution in [1.82, 2.24) is 10.2 Å². The summed E-state index contributed by atoms with van der Waals surface area (Å²) in [6.07, 6.45) is 0.511. The van der Waals surface area contributed by atoms with Crippen LogP contribution in [0.3, 0.4) is 0 Å². The quantitative estimate of drug-likeness (QED) is 0.684. The summed E-state index contributed by atoms with van der Waals surface area (Å²) in [6.45, 7) is 0. The van der Waals surface area contributed by atoms with Crippen LogP contribution in [-0.2, 0) is 6.42 Å². The lowest BCUT2D eigenvalue weighted by Gasteiger charge is -2.00. The van der Waals surface area contributed by atoms with Crippen LogP contribution in [0.1, 0.15) is 11.5 Å². The predicted molar refractivity (Wildman–Crippen MR) is 52.4 cm³/mol. The average molecular weight is 190 g/mol. The molecule has 0 bridgehead atoms. The average Bonchev–Trinajstić information content (AvgIpc) is 2.56. The van der Waals surface area contributed by atoms with Crippen molar-refractivity contribution >= 4 is 11.7 Å². The van der Waals surface area contributed by atoms with Gasteiger partial charge in [-0.25, -0.2) is 0 Å². The van der Waals surface area contributed by atoms with Crippen molar-refractivity contribution in [2.45, 2.75) is 6.42 Å². The number of nitrogens with zero attached hydrogens (tertiary/aromatic N) is 2. The second kappa shape index (κ2) is 3.37. The van der Waals surface area contributed by atoms with Gasteiger partial charge in [0.05, 0.1) is 6.42 Å². The smallest absolute Gasteiger partial charge is 0.312 e. The van der Waals surface area contributed by atoms with Gasteiger partial charge in [-0.3, -0.25) is 0 Å². The maximum atomic E-state index is 5.75. The lowest BCUT2D eigenvalue weighted by molar-refractivity contribution is 0.523. The second-order valence-electron chi connectivity index (χ2n) is 2.91. The zero-order chi connectivity index (χ0) is 9.97. The third-order valence-corrected chi connectivity index (χ3v) is 1.88. The first kappa shape index (κ1) is 8.55. The van der Waals surface area contributed by atoms with E-state index < -0.39 is 0 Å². The third kappa shape index (κ3) is 1.66. The van der Waals surface area contributed by atoms with E-state index in [1.807, 2.05) is 24.3 Å². The van der Waals surface area contributed by atoms with Crippen molar-refractivity contribution in [3.05, 3.63) is 35.7 Å². The fourth-order valence-electron chi connectivity index (χ4n) is 1.20. The van der Waals surface area contributed by atoms with Gasteiger partial charge in [-0.15, -0.1) is 5.10 Å². The molecule has 1 aromatic carbocycles. The molecule has 0 amide bonds. The third-order valence-electron chi connectivity index (χ3n) is 1.88. The molecule has 0 saturated carbocycles. The van der Waals surface area contributed by atoms with Crippen molar-refractivity contribution in [3.8, 4) is 0 Å². The van der Waals surface area contributed by atoms with E-state index in [9.17, 15) is 0 Å². The minimum absolute atomic E-state index is 0.0782. The maximum absolute atomic E-state index is 5.75. The fourth-order valence-corrected chi connectivity index (χ4v) is 1.20. The van der Waals surface area contributed by atoms with Crippen molar-refractivity contribution < 1.29 is 4.42 Å². The van der Waals surface area contributed by atoms with Crippen molar-refractivity contribution in [1.29, 1.82) is 0 Å². The molecule has 5 heteroatoms. The summed E-state index contributed by atoms with van der Waals surface area (Å²) < 4.78 is 5.04. The van der Waals surface area contributed by atoms with Gasteiger partial charge in [0.1, 0.15) is 0 Å². The van der Waals surface area contributed by atoms with Gasteiger partial charge in [-0.2, -0.15) is 0 Å². The molecule has 4 N–H and O–H groups in total. The fraction of sp³-hybridized carbons (Fsp3) is 0.111. The Hall–Kier alpha value is -2.04. The molecule has 14 heavy (non-hydrogen) atoms. The number of nitrogen functional groups attached to an aromatic ring is 2. The molecule has 0 atom stereocenters. The first-order valence-corrected chi connectivity index (χ1v) is 4.17. The first-order chi connectivity index (χ1) is 6.75. The molecule has 2 rings (SSSR count). The van der Waals surface area contributed by atoms with E-state index in [0.29, 0.717) is 18.0 Å². The highest BCUT2D eigenvalue weighted by Crippen LogP contribution is 2.15. The molecular weight excluding hydrogens is 180 g/mol. The zero-order valence-electron chi connectivity index (χ0n) is 7.47. The lowest BCUT2D eigenvalue weighted by Crippen LogP contribution is -1.95. The number of rotatable bonds is 2. The molecule has 1 aromatic heterocycles. The van der Waals surface area contributed by atoms with Gasteiger partial charge in [0.2, 0.25) is 5.89 Å². The Labute approximate surface area is 80.7 Å². The molecule has 5 nitrogen and oxygen atoms in total.